The predicted molar refractivity (Wildman–Crippen MR) is 134 cm³/mol. The molecule has 5 nitrogen and oxygen atoms in total. The summed E-state index contributed by atoms with van der Waals surface area (Å²) in [6, 6.07) is 14.5. The summed E-state index contributed by atoms with van der Waals surface area (Å²) in [5.74, 6) is 0.789. The van der Waals surface area contributed by atoms with Crippen molar-refractivity contribution in [2.24, 2.45) is 0 Å². The summed E-state index contributed by atoms with van der Waals surface area (Å²) >= 11 is 3.64. The van der Waals surface area contributed by atoms with Crippen molar-refractivity contribution >= 4 is 32.8 Å². The highest BCUT2D eigenvalue weighted by Gasteiger charge is 2.43. The van der Waals surface area contributed by atoms with Gasteiger partial charge < -0.3 is 19.4 Å². The van der Waals surface area contributed by atoms with Gasteiger partial charge in [-0.3, -0.25) is 4.79 Å². The van der Waals surface area contributed by atoms with Crippen LogP contribution in [0.4, 0.5) is 0 Å². The lowest BCUT2D eigenvalue weighted by Crippen LogP contribution is -2.59. The number of hydrogen-bond donors (Lipinski definition) is 1. The molecule has 2 heterocycles. The van der Waals surface area contributed by atoms with E-state index in [1.54, 1.807) is 0 Å². The van der Waals surface area contributed by atoms with Crippen LogP contribution < -0.4 is 10.1 Å². The molecule has 3 aromatic rings. The van der Waals surface area contributed by atoms with Gasteiger partial charge in [0, 0.05) is 23.6 Å². The molecule has 174 valence electrons. The lowest BCUT2D eigenvalue weighted by molar-refractivity contribution is 0.0394. The highest BCUT2D eigenvalue weighted by atomic mass is 79.9. The number of amides is 1. The van der Waals surface area contributed by atoms with Gasteiger partial charge in [0.25, 0.3) is 5.91 Å². The van der Waals surface area contributed by atoms with E-state index in [2.05, 4.69) is 53.3 Å². The summed E-state index contributed by atoms with van der Waals surface area (Å²) in [4.78, 5) is 15.9. The highest BCUT2D eigenvalue weighted by Crippen LogP contribution is 2.38. The van der Waals surface area contributed by atoms with Crippen molar-refractivity contribution in [1.29, 1.82) is 0 Å². The van der Waals surface area contributed by atoms with Crippen molar-refractivity contribution in [3.8, 4) is 5.75 Å². The molecule has 1 fully saturated rings. The Balaban J connectivity index is 1.47. The number of fused-ring (bicyclic) bond motifs is 3. The lowest BCUT2D eigenvalue weighted by atomic mass is 9.98. The third kappa shape index (κ3) is 4.31. The van der Waals surface area contributed by atoms with Crippen molar-refractivity contribution in [2.75, 3.05) is 19.7 Å². The quantitative estimate of drug-likeness (QED) is 0.450. The van der Waals surface area contributed by atoms with Gasteiger partial charge in [0.1, 0.15) is 12.2 Å². The Morgan fingerprint density at radius 1 is 1.15 bits per heavy atom. The Morgan fingerprint density at radius 2 is 1.94 bits per heavy atom. The maximum Gasteiger partial charge on any atom is 0.294 e. The van der Waals surface area contributed by atoms with Gasteiger partial charge >= 0.3 is 0 Å². The summed E-state index contributed by atoms with van der Waals surface area (Å²) in [7, 11) is 0. The van der Waals surface area contributed by atoms with Crippen LogP contribution in [-0.4, -0.2) is 42.1 Å². The molecule has 0 saturated heterocycles. The minimum atomic E-state index is -0.484. The van der Waals surface area contributed by atoms with E-state index >= 15 is 0 Å². The van der Waals surface area contributed by atoms with Crippen LogP contribution in [0.5, 0.6) is 5.75 Å². The molecule has 1 N–H and O–H groups in total. The van der Waals surface area contributed by atoms with Gasteiger partial charge in [-0.25, -0.2) is 0 Å². The average molecular weight is 511 g/mol. The molecule has 1 amide bonds. The number of carbonyl (C=O) groups is 1. The fourth-order valence-corrected chi connectivity index (χ4v) is 5.55. The van der Waals surface area contributed by atoms with Crippen LogP contribution in [0.1, 0.15) is 54.3 Å². The van der Waals surface area contributed by atoms with Crippen molar-refractivity contribution in [3.63, 3.8) is 0 Å². The predicted octanol–water partition coefficient (Wildman–Crippen LogP) is 5.87. The maximum absolute atomic E-state index is 13.9. The monoisotopic (exact) mass is 510 g/mol. The second kappa shape index (κ2) is 9.15. The summed E-state index contributed by atoms with van der Waals surface area (Å²) in [5, 5.41) is 4.59. The molecule has 2 aliphatic rings. The maximum atomic E-state index is 13.9. The molecule has 0 bridgehead atoms. The van der Waals surface area contributed by atoms with Crippen molar-refractivity contribution in [1.82, 2.24) is 10.2 Å². The van der Waals surface area contributed by atoms with Crippen LogP contribution in [-0.2, 0) is 6.42 Å². The molecule has 2 aromatic carbocycles. The molecule has 1 aliphatic carbocycles. The Labute approximate surface area is 203 Å². The normalized spacial score (nSPS) is 21.3. The molecule has 33 heavy (non-hydrogen) atoms. The van der Waals surface area contributed by atoms with Crippen LogP contribution in [0.3, 0.4) is 0 Å². The van der Waals surface area contributed by atoms with E-state index in [4.69, 9.17) is 9.15 Å². The first-order valence-electron chi connectivity index (χ1n) is 11.9. The SMILES string of the molecule is Cc1c(Br)cccc1CCN1C(=O)c2oc3ccccc3c2OCC1(C)CNC1CCCC1. The minimum Gasteiger partial charge on any atom is -0.486 e. The number of furan rings is 1. The molecular weight excluding hydrogens is 480 g/mol. The van der Waals surface area contributed by atoms with Gasteiger partial charge in [-0.1, -0.05) is 53.0 Å². The third-order valence-electron chi connectivity index (χ3n) is 7.28. The fourth-order valence-electron chi connectivity index (χ4n) is 5.15. The minimum absolute atomic E-state index is 0.0953. The fraction of sp³-hybridized carbons (Fsp3) is 0.444. The number of halogens is 1. The molecule has 0 spiro atoms. The topological polar surface area (TPSA) is 54.7 Å². The van der Waals surface area contributed by atoms with E-state index in [0.29, 0.717) is 42.8 Å². The number of nitrogens with zero attached hydrogens (tertiary/aromatic N) is 1. The number of nitrogens with one attached hydrogen (secondary N) is 1. The largest absolute Gasteiger partial charge is 0.486 e. The van der Waals surface area contributed by atoms with Gasteiger partial charge in [-0.05, 0) is 62.4 Å². The Kier molecular flexibility index (Phi) is 6.23. The summed E-state index contributed by atoms with van der Waals surface area (Å²) < 4.78 is 13.5. The zero-order valence-electron chi connectivity index (χ0n) is 19.3. The van der Waals surface area contributed by atoms with Crippen molar-refractivity contribution < 1.29 is 13.9 Å². The number of rotatable bonds is 6. The molecule has 1 unspecified atom stereocenters. The number of para-hydroxylation sites is 1. The van der Waals surface area contributed by atoms with Gasteiger partial charge in [0.2, 0.25) is 5.76 Å². The summed E-state index contributed by atoms with van der Waals surface area (Å²) in [5.41, 5.74) is 2.65. The first-order valence-corrected chi connectivity index (χ1v) is 12.7. The zero-order chi connectivity index (χ0) is 23.0. The van der Waals surface area contributed by atoms with Gasteiger partial charge in [0.05, 0.1) is 10.9 Å². The Morgan fingerprint density at radius 3 is 2.76 bits per heavy atom. The van der Waals surface area contributed by atoms with Crippen molar-refractivity contribution in [3.05, 3.63) is 63.8 Å². The van der Waals surface area contributed by atoms with Gasteiger partial charge in [0.15, 0.2) is 5.75 Å². The van der Waals surface area contributed by atoms with E-state index in [1.807, 2.05) is 29.2 Å². The average Bonchev–Trinajstić information content (AvgIpc) is 3.45. The zero-order valence-corrected chi connectivity index (χ0v) is 20.9. The number of hydrogen-bond acceptors (Lipinski definition) is 4. The first kappa shape index (κ1) is 22.5. The van der Waals surface area contributed by atoms with E-state index in [1.165, 1.54) is 36.8 Å². The molecular formula is C27H31BrN2O3. The second-order valence-electron chi connectivity index (χ2n) is 9.64. The van der Waals surface area contributed by atoms with Crippen LogP contribution in [0.2, 0.25) is 0 Å². The molecule has 0 radical (unpaired) electrons. The number of carbonyl (C=O) groups excluding carboxylic acids is 1. The van der Waals surface area contributed by atoms with E-state index < -0.39 is 5.54 Å². The number of benzene rings is 2. The van der Waals surface area contributed by atoms with Crippen LogP contribution >= 0.6 is 15.9 Å². The van der Waals surface area contributed by atoms with Gasteiger partial charge in [-0.2, -0.15) is 0 Å². The molecule has 1 aromatic heterocycles. The standard InChI is InChI=1S/C27H31BrN2O3/c1-18-19(8-7-12-22(18)28)14-15-30-26(31)25-24(21-11-5-6-13-23(21)33-25)32-17-27(30,2)16-29-20-9-3-4-10-20/h5-8,11-13,20,29H,3-4,9-10,14-17H2,1-2H3. The van der Waals surface area contributed by atoms with E-state index in [9.17, 15) is 4.79 Å². The third-order valence-corrected chi connectivity index (χ3v) is 8.14. The lowest BCUT2D eigenvalue weighted by Gasteiger charge is -2.40. The van der Waals surface area contributed by atoms with E-state index in [0.717, 1.165) is 16.3 Å². The molecule has 5 rings (SSSR count). The van der Waals surface area contributed by atoms with Crippen LogP contribution in [0.15, 0.2) is 51.4 Å². The Hall–Kier alpha value is -2.31. The summed E-state index contributed by atoms with van der Waals surface area (Å²) in [6.07, 6.45) is 5.72. The molecule has 1 atom stereocenters. The highest BCUT2D eigenvalue weighted by molar-refractivity contribution is 9.10. The van der Waals surface area contributed by atoms with Crippen molar-refractivity contribution in [2.45, 2.75) is 57.5 Å². The second-order valence-corrected chi connectivity index (χ2v) is 10.5. The van der Waals surface area contributed by atoms with E-state index in [-0.39, 0.29) is 5.91 Å². The Bertz CT molecular complexity index is 1170. The van der Waals surface area contributed by atoms with Gasteiger partial charge in [-0.15, -0.1) is 0 Å². The smallest absolute Gasteiger partial charge is 0.294 e. The van der Waals surface area contributed by atoms with Crippen LogP contribution in [0.25, 0.3) is 11.0 Å². The summed E-state index contributed by atoms with van der Waals surface area (Å²) in [6.45, 7) is 5.97. The first-order chi connectivity index (χ1) is 16.0. The molecule has 6 heteroatoms. The molecule has 1 saturated carbocycles. The number of ether oxygens (including phenoxy) is 1. The van der Waals surface area contributed by atoms with Crippen LogP contribution in [0, 0.1) is 6.92 Å². The molecule has 1 aliphatic heterocycles.